The molecule has 2 N–H and O–H groups in total. The van der Waals surface area contributed by atoms with E-state index in [9.17, 15) is 9.59 Å². The van der Waals surface area contributed by atoms with Gasteiger partial charge in [0.05, 0.1) is 0 Å². The number of hydrogen-bond donors (Lipinski definition) is 2. The van der Waals surface area contributed by atoms with Crippen LogP contribution in [-0.4, -0.2) is 16.7 Å². The third kappa shape index (κ3) is 3.80. The molecule has 0 saturated carbocycles. The molecule has 0 bridgehead atoms. The second-order valence-electron chi connectivity index (χ2n) is 8.51. The van der Waals surface area contributed by atoms with Crippen LogP contribution in [0, 0.1) is 19.8 Å². The van der Waals surface area contributed by atoms with Gasteiger partial charge in [-0.25, -0.2) is 4.98 Å². The Hall–Kier alpha value is -3.21. The van der Waals surface area contributed by atoms with Crippen LogP contribution in [0.3, 0.4) is 0 Å². The summed E-state index contributed by atoms with van der Waals surface area (Å²) in [5.41, 5.74) is 6.15. The molecule has 2 aromatic rings. The largest absolute Gasteiger partial charge is 0.362 e. The number of nitrogens with zero attached hydrogens (tertiary/aromatic N) is 1. The molecule has 1 amide bonds. The van der Waals surface area contributed by atoms with Crippen molar-refractivity contribution in [3.63, 3.8) is 0 Å². The molecule has 2 heterocycles. The minimum atomic E-state index is -0.382. The maximum Gasteiger partial charge on any atom is 0.255 e. The fourth-order valence-electron chi connectivity index (χ4n) is 4.35. The summed E-state index contributed by atoms with van der Waals surface area (Å²) < 4.78 is 0. The number of dihydropyridines is 1. The molecule has 2 atom stereocenters. The number of Topliss-reactive ketones (excluding diaryl/α,β-unsaturated/α-hetero) is 1. The minimum absolute atomic E-state index is 0.119. The van der Waals surface area contributed by atoms with Gasteiger partial charge in [0, 0.05) is 41.1 Å². The van der Waals surface area contributed by atoms with E-state index in [1.54, 1.807) is 12.3 Å². The minimum Gasteiger partial charge on any atom is -0.362 e. The van der Waals surface area contributed by atoms with Crippen LogP contribution in [0.1, 0.15) is 49.3 Å². The number of ketones is 1. The first-order chi connectivity index (χ1) is 14.3. The Kier molecular flexibility index (Phi) is 5.29. The van der Waals surface area contributed by atoms with E-state index in [1.165, 1.54) is 0 Å². The van der Waals surface area contributed by atoms with Gasteiger partial charge in [-0.15, -0.1) is 0 Å². The number of carbonyl (C=O) groups excluding carboxylic acids is 2. The van der Waals surface area contributed by atoms with Gasteiger partial charge in [-0.05, 0) is 50.3 Å². The first-order valence-electron chi connectivity index (χ1n) is 10.4. The van der Waals surface area contributed by atoms with Gasteiger partial charge in [0.15, 0.2) is 5.78 Å². The van der Waals surface area contributed by atoms with Crippen LogP contribution >= 0.6 is 0 Å². The van der Waals surface area contributed by atoms with E-state index < -0.39 is 0 Å². The smallest absolute Gasteiger partial charge is 0.255 e. The summed E-state index contributed by atoms with van der Waals surface area (Å²) in [5, 5.41) is 6.29. The molecular formula is C25H27N3O2. The Bertz CT molecular complexity index is 1060. The highest BCUT2D eigenvalue weighted by molar-refractivity contribution is 6.09. The molecule has 0 fully saturated rings. The Morgan fingerprint density at radius 3 is 2.40 bits per heavy atom. The molecule has 0 radical (unpaired) electrons. The highest BCUT2D eigenvalue weighted by Crippen LogP contribution is 2.43. The zero-order valence-electron chi connectivity index (χ0n) is 17.9. The number of nitrogens with one attached hydrogen (secondary N) is 2. The second-order valence-corrected chi connectivity index (χ2v) is 8.51. The second kappa shape index (κ2) is 7.90. The summed E-state index contributed by atoms with van der Waals surface area (Å²) in [6.45, 7) is 7.98. The standard InChI is InChI=1S/C25H27N3O2/c1-14-5-8-18(9-6-14)23-22(25(30)28-21-10-7-15(2)13-26-21)17(4)27-19-11-16(3)12-20(29)24(19)23/h5-10,13,16,23,27H,11-12H2,1-4H3,(H,26,28,30)/t16-,23+/m0/s1. The van der Waals surface area contributed by atoms with Crippen molar-refractivity contribution >= 4 is 17.5 Å². The number of rotatable bonds is 3. The van der Waals surface area contributed by atoms with Crippen LogP contribution in [0.4, 0.5) is 5.82 Å². The lowest BCUT2D eigenvalue weighted by molar-refractivity contribution is -0.117. The van der Waals surface area contributed by atoms with Crippen LogP contribution in [0.25, 0.3) is 0 Å². The van der Waals surface area contributed by atoms with Crippen LogP contribution in [-0.2, 0) is 9.59 Å². The lowest BCUT2D eigenvalue weighted by Gasteiger charge is -2.36. The molecule has 30 heavy (non-hydrogen) atoms. The van der Waals surface area contributed by atoms with Gasteiger partial charge in [-0.1, -0.05) is 42.8 Å². The average Bonchev–Trinajstić information content (AvgIpc) is 2.69. The number of anilines is 1. The molecular weight excluding hydrogens is 374 g/mol. The van der Waals surface area contributed by atoms with Crippen molar-refractivity contribution in [1.29, 1.82) is 0 Å². The monoisotopic (exact) mass is 401 g/mol. The number of aryl methyl sites for hydroxylation is 2. The van der Waals surface area contributed by atoms with Crippen molar-refractivity contribution in [3.8, 4) is 0 Å². The third-order valence-corrected chi connectivity index (χ3v) is 5.84. The molecule has 154 valence electrons. The quantitative estimate of drug-likeness (QED) is 0.791. The fourth-order valence-corrected chi connectivity index (χ4v) is 4.35. The van der Waals surface area contributed by atoms with Gasteiger partial charge in [-0.2, -0.15) is 0 Å². The number of aromatic nitrogens is 1. The van der Waals surface area contributed by atoms with E-state index in [1.807, 2.05) is 51.1 Å². The summed E-state index contributed by atoms with van der Waals surface area (Å²) in [7, 11) is 0. The molecule has 5 nitrogen and oxygen atoms in total. The Labute approximate surface area is 177 Å². The van der Waals surface area contributed by atoms with E-state index in [4.69, 9.17) is 0 Å². The fraction of sp³-hybridized carbons (Fsp3) is 0.320. The van der Waals surface area contributed by atoms with Crippen LogP contribution in [0.2, 0.25) is 0 Å². The van der Waals surface area contributed by atoms with E-state index in [0.29, 0.717) is 23.7 Å². The molecule has 0 spiro atoms. The van der Waals surface area contributed by atoms with Crippen LogP contribution in [0.15, 0.2) is 65.1 Å². The van der Waals surface area contributed by atoms with E-state index in [0.717, 1.165) is 40.1 Å². The Morgan fingerprint density at radius 2 is 1.73 bits per heavy atom. The molecule has 1 aromatic carbocycles. The lowest BCUT2D eigenvalue weighted by atomic mass is 9.73. The number of allylic oxidation sites excluding steroid dienone is 3. The van der Waals surface area contributed by atoms with E-state index in [2.05, 4.69) is 22.5 Å². The molecule has 5 heteroatoms. The summed E-state index contributed by atoms with van der Waals surface area (Å²) in [4.78, 5) is 30.8. The summed E-state index contributed by atoms with van der Waals surface area (Å²) in [5.74, 6) is 0.291. The van der Waals surface area contributed by atoms with Gasteiger partial charge in [-0.3, -0.25) is 9.59 Å². The number of benzene rings is 1. The summed E-state index contributed by atoms with van der Waals surface area (Å²) in [6, 6.07) is 11.8. The molecule has 0 unspecified atom stereocenters. The van der Waals surface area contributed by atoms with Gasteiger partial charge in [0.1, 0.15) is 5.82 Å². The van der Waals surface area contributed by atoms with E-state index in [-0.39, 0.29) is 17.6 Å². The zero-order chi connectivity index (χ0) is 21.4. The van der Waals surface area contributed by atoms with Crippen molar-refractivity contribution in [2.24, 2.45) is 5.92 Å². The van der Waals surface area contributed by atoms with Gasteiger partial charge < -0.3 is 10.6 Å². The van der Waals surface area contributed by atoms with Crippen molar-refractivity contribution in [1.82, 2.24) is 10.3 Å². The van der Waals surface area contributed by atoms with Gasteiger partial charge in [0.2, 0.25) is 0 Å². The Morgan fingerprint density at radius 1 is 1.03 bits per heavy atom. The average molecular weight is 402 g/mol. The van der Waals surface area contributed by atoms with Crippen LogP contribution in [0.5, 0.6) is 0 Å². The maximum atomic E-state index is 13.4. The highest BCUT2D eigenvalue weighted by atomic mass is 16.2. The van der Waals surface area contributed by atoms with E-state index >= 15 is 0 Å². The molecule has 4 rings (SSSR count). The molecule has 1 aromatic heterocycles. The van der Waals surface area contributed by atoms with Gasteiger partial charge >= 0.3 is 0 Å². The van der Waals surface area contributed by atoms with Crippen molar-refractivity contribution in [2.75, 3.05) is 5.32 Å². The predicted octanol–water partition coefficient (Wildman–Crippen LogP) is 4.55. The third-order valence-electron chi connectivity index (χ3n) is 5.84. The predicted molar refractivity (Wildman–Crippen MR) is 118 cm³/mol. The van der Waals surface area contributed by atoms with Gasteiger partial charge in [0.25, 0.3) is 5.91 Å². The first-order valence-corrected chi connectivity index (χ1v) is 10.4. The van der Waals surface area contributed by atoms with Crippen molar-refractivity contribution in [3.05, 3.63) is 81.8 Å². The van der Waals surface area contributed by atoms with Crippen molar-refractivity contribution in [2.45, 2.75) is 46.5 Å². The Balaban J connectivity index is 1.78. The van der Waals surface area contributed by atoms with Crippen LogP contribution < -0.4 is 10.6 Å². The highest BCUT2D eigenvalue weighted by Gasteiger charge is 2.39. The number of amides is 1. The summed E-state index contributed by atoms with van der Waals surface area (Å²) >= 11 is 0. The molecule has 1 aliphatic heterocycles. The lowest BCUT2D eigenvalue weighted by Crippen LogP contribution is -2.37. The zero-order valence-corrected chi connectivity index (χ0v) is 17.9. The first kappa shape index (κ1) is 20.1. The molecule has 1 aliphatic carbocycles. The number of pyridine rings is 1. The maximum absolute atomic E-state index is 13.4. The molecule has 2 aliphatic rings. The summed E-state index contributed by atoms with van der Waals surface area (Å²) in [6.07, 6.45) is 3.05. The SMILES string of the molecule is CC1=C(C(=O)Nc2ccc(C)cn2)[C@@H](c2ccc(C)cc2)C2=C(C[C@H](C)CC2=O)N1. The number of hydrogen-bond acceptors (Lipinski definition) is 4. The molecule has 0 saturated heterocycles. The number of carbonyl (C=O) groups is 2. The van der Waals surface area contributed by atoms with Crippen molar-refractivity contribution < 1.29 is 9.59 Å². The normalized spacial score (nSPS) is 21.3. The topological polar surface area (TPSA) is 71.1 Å².